The van der Waals surface area contributed by atoms with Crippen molar-refractivity contribution < 1.29 is 19.4 Å². The van der Waals surface area contributed by atoms with Crippen LogP contribution in [-0.2, 0) is 33.7 Å². The molecule has 0 amide bonds. The second kappa shape index (κ2) is 15.8. The third kappa shape index (κ3) is 9.64. The van der Waals surface area contributed by atoms with Crippen molar-refractivity contribution in [3.05, 3.63) is 71.3 Å². The van der Waals surface area contributed by atoms with Gasteiger partial charge in [-0.25, -0.2) is 4.68 Å². The molecule has 1 atom stereocenters. The normalized spacial score (nSPS) is 11.8. The number of hydrogen-bond acceptors (Lipinski definition) is 7. The fourth-order valence-corrected chi connectivity index (χ4v) is 5.36. The molecular weight excluding hydrogens is 488 g/mol. The molecule has 1 heterocycles. The van der Waals surface area contributed by atoms with E-state index in [-0.39, 0.29) is 12.4 Å². The maximum Gasteiger partial charge on any atom is 0.323 e. The van der Waals surface area contributed by atoms with Crippen LogP contribution in [0, 0.1) is 0 Å². The highest BCUT2D eigenvalue weighted by molar-refractivity contribution is 8.00. The Labute approximate surface area is 222 Å². The number of carboxylic acids is 1. The van der Waals surface area contributed by atoms with Crippen molar-refractivity contribution in [1.82, 2.24) is 20.2 Å². The van der Waals surface area contributed by atoms with E-state index in [1.165, 1.54) is 50.1 Å². The molecule has 0 saturated heterocycles. The zero-order valence-electron chi connectivity index (χ0n) is 21.4. The van der Waals surface area contributed by atoms with E-state index in [0.29, 0.717) is 18.1 Å². The van der Waals surface area contributed by atoms with Gasteiger partial charge in [0.2, 0.25) is 5.16 Å². The molecule has 0 aliphatic heterocycles. The van der Waals surface area contributed by atoms with Crippen molar-refractivity contribution in [2.24, 2.45) is 0 Å². The highest BCUT2D eigenvalue weighted by atomic mass is 32.2. The highest BCUT2D eigenvalue weighted by Gasteiger charge is 2.27. The summed E-state index contributed by atoms with van der Waals surface area (Å²) in [6.07, 6.45) is 9.57. The van der Waals surface area contributed by atoms with Crippen LogP contribution in [-0.4, -0.2) is 44.4 Å². The molecule has 9 heteroatoms. The Morgan fingerprint density at radius 3 is 2.32 bits per heavy atom. The number of ether oxygens (including phenoxy) is 1. The van der Waals surface area contributed by atoms with Crippen LogP contribution in [0.1, 0.15) is 73.3 Å². The van der Waals surface area contributed by atoms with Crippen molar-refractivity contribution in [2.45, 2.75) is 81.2 Å². The molecule has 0 radical (unpaired) electrons. The van der Waals surface area contributed by atoms with Gasteiger partial charge in [-0.2, -0.15) is 0 Å². The second-order valence-corrected chi connectivity index (χ2v) is 10.1. The zero-order valence-corrected chi connectivity index (χ0v) is 22.2. The molecular formula is C28H36N4O4S. The van der Waals surface area contributed by atoms with E-state index in [0.717, 1.165) is 36.8 Å². The summed E-state index contributed by atoms with van der Waals surface area (Å²) in [6, 6.07) is 18.6. The van der Waals surface area contributed by atoms with Crippen LogP contribution in [0.5, 0.6) is 0 Å². The molecule has 3 aromatic rings. The fraction of sp³-hybridized carbons (Fsp3) is 0.464. The maximum absolute atomic E-state index is 12.8. The molecule has 1 N–H and O–H groups in total. The number of methoxy groups -OCH3 is 1. The van der Waals surface area contributed by atoms with E-state index in [1.54, 1.807) is 4.68 Å². The summed E-state index contributed by atoms with van der Waals surface area (Å²) in [5.74, 6) is -1.23. The Hall–Kier alpha value is -3.20. The number of aryl methyl sites for hydroxylation is 3. The molecule has 1 unspecified atom stereocenters. The average Bonchev–Trinajstić information content (AvgIpc) is 3.36. The summed E-state index contributed by atoms with van der Waals surface area (Å²) in [7, 11) is 1.38. The number of carboxylic acid groups (broad SMARTS) is 1. The number of rotatable bonds is 17. The lowest BCUT2D eigenvalue weighted by molar-refractivity contribution is -0.140. The van der Waals surface area contributed by atoms with Crippen LogP contribution in [0.15, 0.2) is 59.8 Å². The molecule has 0 spiro atoms. The number of esters is 1. The van der Waals surface area contributed by atoms with Gasteiger partial charge in [-0.3, -0.25) is 9.59 Å². The van der Waals surface area contributed by atoms with Gasteiger partial charge >= 0.3 is 11.9 Å². The standard InChI is InChI=1S/C28H36N4O4S/c1-36-27(35)26(37-28-29-30-31-32(28)21-13-20-25(33)34)24-19-12-11-18-23(24)17-10-5-3-2-4-7-14-22-15-8-6-9-16-22/h6,8-9,11-12,15-16,18-19,26H,2-5,7,10,13-14,17,20-21H2,1H3,(H,33,34). The lowest BCUT2D eigenvalue weighted by Crippen LogP contribution is -2.15. The maximum atomic E-state index is 12.8. The number of carbonyl (C=O) groups is 2. The Balaban J connectivity index is 1.52. The smallest absolute Gasteiger partial charge is 0.323 e. The Kier molecular flexibility index (Phi) is 12.1. The minimum absolute atomic E-state index is 0.0280. The summed E-state index contributed by atoms with van der Waals surface area (Å²) >= 11 is 1.24. The molecule has 0 bridgehead atoms. The molecule has 3 rings (SSSR count). The molecule has 0 fully saturated rings. The van der Waals surface area contributed by atoms with E-state index < -0.39 is 11.2 Å². The number of unbranched alkanes of at least 4 members (excludes halogenated alkanes) is 5. The quantitative estimate of drug-likeness (QED) is 0.137. The first-order chi connectivity index (χ1) is 18.1. The van der Waals surface area contributed by atoms with Crippen molar-refractivity contribution in [1.29, 1.82) is 0 Å². The number of carbonyl (C=O) groups excluding carboxylic acids is 1. The van der Waals surface area contributed by atoms with Gasteiger partial charge in [-0.1, -0.05) is 92.0 Å². The van der Waals surface area contributed by atoms with Crippen molar-refractivity contribution in [3.8, 4) is 0 Å². The Bertz CT molecular complexity index is 1110. The van der Waals surface area contributed by atoms with Crippen molar-refractivity contribution in [3.63, 3.8) is 0 Å². The monoisotopic (exact) mass is 524 g/mol. The topological polar surface area (TPSA) is 107 Å². The fourth-order valence-electron chi connectivity index (χ4n) is 4.27. The summed E-state index contributed by atoms with van der Waals surface area (Å²) in [5.41, 5.74) is 3.44. The first-order valence-corrected chi connectivity index (χ1v) is 13.8. The molecule has 0 aliphatic rings. The van der Waals surface area contributed by atoms with Crippen molar-refractivity contribution >= 4 is 23.7 Å². The third-order valence-electron chi connectivity index (χ3n) is 6.24. The number of aliphatic carboxylic acids is 1. The van der Waals surface area contributed by atoms with Crippen LogP contribution in [0.4, 0.5) is 0 Å². The number of aromatic nitrogens is 4. The average molecular weight is 525 g/mol. The second-order valence-electron chi connectivity index (χ2n) is 9.01. The van der Waals surface area contributed by atoms with Gasteiger partial charge in [0, 0.05) is 13.0 Å². The van der Waals surface area contributed by atoms with Crippen molar-refractivity contribution in [2.75, 3.05) is 7.11 Å². The van der Waals surface area contributed by atoms with Crippen LogP contribution in [0.3, 0.4) is 0 Å². The Morgan fingerprint density at radius 1 is 0.919 bits per heavy atom. The van der Waals surface area contributed by atoms with Gasteiger partial charge in [0.1, 0.15) is 5.25 Å². The van der Waals surface area contributed by atoms with Crippen LogP contribution >= 0.6 is 11.8 Å². The lowest BCUT2D eigenvalue weighted by Gasteiger charge is -2.18. The predicted molar refractivity (Wildman–Crippen MR) is 143 cm³/mol. The van der Waals surface area contributed by atoms with E-state index in [9.17, 15) is 9.59 Å². The molecule has 2 aromatic carbocycles. The number of thioether (sulfide) groups is 1. The summed E-state index contributed by atoms with van der Waals surface area (Å²) in [4.78, 5) is 23.6. The summed E-state index contributed by atoms with van der Waals surface area (Å²) in [5, 5.41) is 20.5. The van der Waals surface area contributed by atoms with Crippen LogP contribution < -0.4 is 0 Å². The van der Waals surface area contributed by atoms with Gasteiger partial charge in [0.15, 0.2) is 0 Å². The number of nitrogens with zero attached hydrogens (tertiary/aromatic N) is 4. The number of hydrogen-bond donors (Lipinski definition) is 1. The number of benzene rings is 2. The van der Waals surface area contributed by atoms with Crippen LogP contribution in [0.2, 0.25) is 0 Å². The molecule has 8 nitrogen and oxygen atoms in total. The molecule has 37 heavy (non-hydrogen) atoms. The predicted octanol–water partition coefficient (Wildman–Crippen LogP) is 5.67. The summed E-state index contributed by atoms with van der Waals surface area (Å²) in [6.45, 7) is 0.364. The van der Waals surface area contributed by atoms with Gasteiger partial charge in [-0.15, -0.1) is 5.10 Å². The van der Waals surface area contributed by atoms with Gasteiger partial charge < -0.3 is 9.84 Å². The van der Waals surface area contributed by atoms with Gasteiger partial charge in [-0.05, 0) is 59.2 Å². The first kappa shape index (κ1) is 28.4. The molecule has 0 aliphatic carbocycles. The highest BCUT2D eigenvalue weighted by Crippen LogP contribution is 2.37. The zero-order chi connectivity index (χ0) is 26.3. The molecule has 1 aromatic heterocycles. The first-order valence-electron chi connectivity index (χ1n) is 12.9. The third-order valence-corrected chi connectivity index (χ3v) is 7.43. The minimum atomic E-state index is -0.865. The lowest BCUT2D eigenvalue weighted by atomic mass is 9.98. The largest absolute Gasteiger partial charge is 0.481 e. The Morgan fingerprint density at radius 2 is 1.59 bits per heavy atom. The van der Waals surface area contributed by atoms with Gasteiger partial charge in [0.25, 0.3) is 0 Å². The van der Waals surface area contributed by atoms with E-state index in [4.69, 9.17) is 9.84 Å². The van der Waals surface area contributed by atoms with E-state index in [1.807, 2.05) is 18.2 Å². The van der Waals surface area contributed by atoms with Crippen LogP contribution in [0.25, 0.3) is 0 Å². The molecule has 0 saturated carbocycles. The molecule has 198 valence electrons. The summed E-state index contributed by atoms with van der Waals surface area (Å²) < 4.78 is 6.67. The van der Waals surface area contributed by atoms with E-state index in [2.05, 4.69) is 51.9 Å². The SMILES string of the molecule is COC(=O)C(Sc1nnnn1CCCC(=O)O)c1ccccc1CCCCCCCCc1ccccc1. The minimum Gasteiger partial charge on any atom is -0.481 e. The number of tetrazole rings is 1. The van der Waals surface area contributed by atoms with Gasteiger partial charge in [0.05, 0.1) is 7.11 Å². The van der Waals surface area contributed by atoms with E-state index >= 15 is 0 Å².